The molecule has 2 aromatic rings. The van der Waals surface area contributed by atoms with E-state index in [4.69, 9.17) is 0 Å². The molecule has 138 valence electrons. The van der Waals surface area contributed by atoms with Gasteiger partial charge in [-0.2, -0.15) is 0 Å². The molecule has 1 fully saturated rings. The van der Waals surface area contributed by atoms with Gasteiger partial charge in [-0.3, -0.25) is 9.59 Å². The van der Waals surface area contributed by atoms with E-state index in [2.05, 4.69) is 15.3 Å². The van der Waals surface area contributed by atoms with Gasteiger partial charge in [-0.1, -0.05) is 31.4 Å². The molecule has 7 nitrogen and oxygen atoms in total. The van der Waals surface area contributed by atoms with Gasteiger partial charge in [0.05, 0.1) is 10.9 Å². The van der Waals surface area contributed by atoms with Crippen molar-refractivity contribution in [2.75, 3.05) is 0 Å². The monoisotopic (exact) mass is 357 g/mol. The van der Waals surface area contributed by atoms with Crippen LogP contribution in [0.25, 0.3) is 10.9 Å². The summed E-state index contributed by atoms with van der Waals surface area (Å²) in [5.74, 6) is -0.685. The molecule has 0 unspecified atom stereocenters. The zero-order chi connectivity index (χ0) is 18.6. The molecule has 0 bridgehead atoms. The standard InChI is InChI=1S/C19H23N3O4/c23-16(22-19(18(25)26)11-4-1-5-12-19)10-6-9-15-20-14-8-3-2-7-13(14)17(24)21-15/h2-3,7-8H,1,4-6,9-12H2,(H,22,23)(H,25,26)(H,20,21,24). The summed E-state index contributed by atoms with van der Waals surface area (Å²) in [6.45, 7) is 0. The number of H-pyrrole nitrogens is 1. The van der Waals surface area contributed by atoms with E-state index in [0.29, 0.717) is 42.4 Å². The molecule has 1 aliphatic rings. The summed E-state index contributed by atoms with van der Waals surface area (Å²) < 4.78 is 0. The van der Waals surface area contributed by atoms with Gasteiger partial charge in [-0.15, -0.1) is 0 Å². The Morgan fingerprint density at radius 3 is 2.65 bits per heavy atom. The van der Waals surface area contributed by atoms with E-state index in [1.807, 2.05) is 6.07 Å². The second-order valence-corrected chi connectivity index (χ2v) is 6.88. The highest BCUT2D eigenvalue weighted by Crippen LogP contribution is 2.28. The molecule has 1 aromatic carbocycles. The van der Waals surface area contributed by atoms with Gasteiger partial charge in [0.25, 0.3) is 5.56 Å². The number of nitrogens with zero attached hydrogens (tertiary/aromatic N) is 1. The van der Waals surface area contributed by atoms with Crippen molar-refractivity contribution >= 4 is 22.8 Å². The number of nitrogens with one attached hydrogen (secondary N) is 2. The van der Waals surface area contributed by atoms with Crippen LogP contribution in [0, 0.1) is 0 Å². The summed E-state index contributed by atoms with van der Waals surface area (Å²) in [6, 6.07) is 7.10. The number of carboxylic acids is 1. The molecule has 0 aliphatic heterocycles. The SMILES string of the molecule is O=C(CCCc1nc2ccccc2c(=O)[nH]1)NC1(C(=O)O)CCCCC1. The van der Waals surface area contributed by atoms with E-state index in [1.165, 1.54) is 0 Å². The number of aryl methyl sites for hydroxylation is 1. The molecule has 3 rings (SSSR count). The van der Waals surface area contributed by atoms with Crippen molar-refractivity contribution < 1.29 is 14.7 Å². The summed E-state index contributed by atoms with van der Waals surface area (Å²) in [5, 5.41) is 12.8. The first kappa shape index (κ1) is 18.1. The second kappa shape index (κ2) is 7.68. The smallest absolute Gasteiger partial charge is 0.329 e. The lowest BCUT2D eigenvalue weighted by molar-refractivity contribution is -0.149. The number of fused-ring (bicyclic) bond motifs is 1. The van der Waals surface area contributed by atoms with Gasteiger partial charge in [-0.25, -0.2) is 9.78 Å². The van der Waals surface area contributed by atoms with E-state index < -0.39 is 11.5 Å². The van der Waals surface area contributed by atoms with Crippen LogP contribution in [-0.4, -0.2) is 32.5 Å². The minimum atomic E-state index is -1.12. The summed E-state index contributed by atoms with van der Waals surface area (Å²) in [6.07, 6.45) is 4.73. The lowest BCUT2D eigenvalue weighted by Crippen LogP contribution is -2.55. The Hall–Kier alpha value is -2.70. The van der Waals surface area contributed by atoms with Gasteiger partial charge in [0.15, 0.2) is 0 Å². The number of carbonyl (C=O) groups is 2. The zero-order valence-corrected chi connectivity index (χ0v) is 14.6. The molecule has 0 radical (unpaired) electrons. The molecule has 1 aromatic heterocycles. The minimum absolute atomic E-state index is 0.193. The average Bonchev–Trinajstić information content (AvgIpc) is 2.62. The van der Waals surface area contributed by atoms with Crippen LogP contribution in [0.2, 0.25) is 0 Å². The second-order valence-electron chi connectivity index (χ2n) is 6.88. The van der Waals surface area contributed by atoms with Crippen LogP contribution in [0.4, 0.5) is 0 Å². The summed E-state index contributed by atoms with van der Waals surface area (Å²) in [7, 11) is 0. The number of aromatic amines is 1. The Labute approximate surface area is 150 Å². The van der Waals surface area contributed by atoms with E-state index in [1.54, 1.807) is 18.2 Å². The Balaban J connectivity index is 1.58. The number of hydrogen-bond donors (Lipinski definition) is 3. The van der Waals surface area contributed by atoms with Crippen LogP contribution in [-0.2, 0) is 16.0 Å². The van der Waals surface area contributed by atoms with Crippen molar-refractivity contribution in [1.82, 2.24) is 15.3 Å². The van der Waals surface area contributed by atoms with Crippen molar-refractivity contribution in [2.24, 2.45) is 0 Å². The van der Waals surface area contributed by atoms with Crippen molar-refractivity contribution in [3.05, 3.63) is 40.4 Å². The van der Waals surface area contributed by atoms with Crippen LogP contribution < -0.4 is 10.9 Å². The number of aromatic nitrogens is 2. The van der Waals surface area contributed by atoms with Crippen LogP contribution in [0.15, 0.2) is 29.1 Å². The fraction of sp³-hybridized carbons (Fsp3) is 0.474. The molecular formula is C19H23N3O4. The highest BCUT2D eigenvalue weighted by Gasteiger charge is 2.40. The third-order valence-corrected chi connectivity index (χ3v) is 4.97. The highest BCUT2D eigenvalue weighted by atomic mass is 16.4. The maximum absolute atomic E-state index is 12.2. The average molecular weight is 357 g/mol. The van der Waals surface area contributed by atoms with Crippen LogP contribution in [0.3, 0.4) is 0 Å². The minimum Gasteiger partial charge on any atom is -0.480 e. The summed E-state index contributed by atoms with van der Waals surface area (Å²) >= 11 is 0. The Morgan fingerprint density at radius 2 is 1.92 bits per heavy atom. The molecule has 0 atom stereocenters. The molecule has 0 saturated heterocycles. The van der Waals surface area contributed by atoms with Crippen molar-refractivity contribution in [1.29, 1.82) is 0 Å². The molecule has 1 saturated carbocycles. The van der Waals surface area contributed by atoms with Gasteiger partial charge in [0.1, 0.15) is 11.4 Å². The van der Waals surface area contributed by atoms with E-state index >= 15 is 0 Å². The molecule has 3 N–H and O–H groups in total. The number of hydrogen-bond acceptors (Lipinski definition) is 4. The normalized spacial score (nSPS) is 16.3. The summed E-state index contributed by atoms with van der Waals surface area (Å²) in [4.78, 5) is 43.0. The van der Waals surface area contributed by atoms with Gasteiger partial charge in [0.2, 0.25) is 5.91 Å². The number of benzene rings is 1. The lowest BCUT2D eigenvalue weighted by Gasteiger charge is -2.34. The first-order valence-electron chi connectivity index (χ1n) is 9.02. The number of aliphatic carboxylic acids is 1. The van der Waals surface area contributed by atoms with Crippen LogP contribution >= 0.6 is 0 Å². The molecule has 1 aliphatic carbocycles. The third kappa shape index (κ3) is 3.92. The zero-order valence-electron chi connectivity index (χ0n) is 14.6. The van der Waals surface area contributed by atoms with E-state index in [-0.39, 0.29) is 17.9 Å². The Morgan fingerprint density at radius 1 is 1.19 bits per heavy atom. The molecule has 7 heteroatoms. The Bertz CT molecular complexity index is 868. The lowest BCUT2D eigenvalue weighted by atomic mass is 9.81. The number of amides is 1. The molecule has 1 amide bonds. The van der Waals surface area contributed by atoms with Crippen molar-refractivity contribution in [3.8, 4) is 0 Å². The van der Waals surface area contributed by atoms with Gasteiger partial charge >= 0.3 is 5.97 Å². The van der Waals surface area contributed by atoms with Crippen molar-refractivity contribution in [3.63, 3.8) is 0 Å². The van der Waals surface area contributed by atoms with Gasteiger partial charge in [0, 0.05) is 12.8 Å². The maximum Gasteiger partial charge on any atom is 0.329 e. The Kier molecular flexibility index (Phi) is 5.35. The largest absolute Gasteiger partial charge is 0.480 e. The quantitative estimate of drug-likeness (QED) is 0.733. The fourth-order valence-corrected chi connectivity index (χ4v) is 3.55. The first-order chi connectivity index (χ1) is 12.5. The number of rotatable bonds is 6. The van der Waals surface area contributed by atoms with E-state index in [9.17, 15) is 19.5 Å². The predicted octanol–water partition coefficient (Wildman–Crippen LogP) is 2.15. The molecule has 0 spiro atoms. The molecular weight excluding hydrogens is 334 g/mol. The number of carboxylic acid groups (broad SMARTS) is 1. The highest BCUT2D eigenvalue weighted by molar-refractivity contribution is 5.87. The van der Waals surface area contributed by atoms with Crippen LogP contribution in [0.5, 0.6) is 0 Å². The van der Waals surface area contributed by atoms with Crippen LogP contribution in [0.1, 0.15) is 50.8 Å². The molecule has 1 heterocycles. The first-order valence-corrected chi connectivity index (χ1v) is 9.02. The number of carbonyl (C=O) groups excluding carboxylic acids is 1. The number of para-hydroxylation sites is 1. The van der Waals surface area contributed by atoms with Crippen molar-refractivity contribution in [2.45, 2.75) is 56.9 Å². The third-order valence-electron chi connectivity index (χ3n) is 4.97. The predicted molar refractivity (Wildman–Crippen MR) is 96.9 cm³/mol. The van der Waals surface area contributed by atoms with E-state index in [0.717, 1.165) is 19.3 Å². The van der Waals surface area contributed by atoms with Gasteiger partial charge < -0.3 is 15.4 Å². The topological polar surface area (TPSA) is 112 Å². The molecule has 26 heavy (non-hydrogen) atoms. The van der Waals surface area contributed by atoms with Gasteiger partial charge in [-0.05, 0) is 31.4 Å². The summed E-state index contributed by atoms with van der Waals surface area (Å²) in [5.41, 5.74) is -0.685. The fourth-order valence-electron chi connectivity index (χ4n) is 3.55. The maximum atomic E-state index is 12.2.